The number of fused-ring (bicyclic) bond motifs is 1. The third-order valence-corrected chi connectivity index (χ3v) is 8.21. The van der Waals surface area contributed by atoms with E-state index in [1.54, 1.807) is 31.0 Å². The summed E-state index contributed by atoms with van der Waals surface area (Å²) in [4.78, 5) is 6.87. The Labute approximate surface area is 272 Å². The first kappa shape index (κ1) is 32.2. The second-order valence-corrected chi connectivity index (χ2v) is 11.5. The zero-order valence-electron chi connectivity index (χ0n) is 27.4. The van der Waals surface area contributed by atoms with Crippen LogP contribution < -0.4 is 15.4 Å². The summed E-state index contributed by atoms with van der Waals surface area (Å²) in [5.41, 5.74) is 9.23. The highest BCUT2D eigenvalue weighted by Gasteiger charge is 2.19. The molecule has 3 heterocycles. The number of allylic oxidation sites excluding steroid dienone is 6. The smallest absolute Gasteiger partial charge is 0.178 e. The molecule has 0 bridgehead atoms. The van der Waals surface area contributed by atoms with Gasteiger partial charge in [0, 0.05) is 53.2 Å². The van der Waals surface area contributed by atoms with Gasteiger partial charge in [0.25, 0.3) is 0 Å². The third kappa shape index (κ3) is 7.34. The molecule has 5 rings (SSSR count). The minimum absolute atomic E-state index is 0.180. The molecule has 1 fully saturated rings. The second kappa shape index (κ2) is 14.7. The van der Waals surface area contributed by atoms with Gasteiger partial charge in [-0.05, 0) is 93.7 Å². The van der Waals surface area contributed by atoms with Crippen molar-refractivity contribution in [1.29, 1.82) is 0 Å². The van der Waals surface area contributed by atoms with E-state index < -0.39 is 0 Å². The predicted octanol–water partition coefficient (Wildman–Crippen LogP) is 9.06. The molecule has 0 spiro atoms. The molecule has 1 aliphatic heterocycles. The topological polar surface area (TPSA) is 86.9 Å². The molecule has 0 saturated carbocycles. The molecule has 8 heteroatoms. The van der Waals surface area contributed by atoms with Gasteiger partial charge in [-0.15, -0.1) is 0 Å². The fourth-order valence-corrected chi connectivity index (χ4v) is 5.79. The normalized spacial score (nSPS) is 16.0. The van der Waals surface area contributed by atoms with E-state index in [-0.39, 0.29) is 5.76 Å². The van der Waals surface area contributed by atoms with Crippen LogP contribution in [0.25, 0.3) is 28.2 Å². The van der Waals surface area contributed by atoms with Crippen LogP contribution in [-0.4, -0.2) is 44.3 Å². The molecule has 46 heavy (non-hydrogen) atoms. The van der Waals surface area contributed by atoms with Crippen molar-refractivity contribution in [2.45, 2.75) is 53.0 Å². The van der Waals surface area contributed by atoms with Gasteiger partial charge in [0.1, 0.15) is 17.8 Å². The van der Waals surface area contributed by atoms with Crippen molar-refractivity contribution in [3.05, 3.63) is 121 Å². The summed E-state index contributed by atoms with van der Waals surface area (Å²) in [6.07, 6.45) is 16.9. The van der Waals surface area contributed by atoms with Crippen LogP contribution >= 0.6 is 0 Å². The first-order chi connectivity index (χ1) is 22.3. The Morgan fingerprint density at radius 3 is 2.74 bits per heavy atom. The van der Waals surface area contributed by atoms with Crippen molar-refractivity contribution in [2.24, 2.45) is 0 Å². The summed E-state index contributed by atoms with van der Waals surface area (Å²) in [7, 11) is 1.61. The standard InChI is InChI=1S/C38H44N6O2/c1-7-12-34(42-32-18-19-33(36(45)8-2)37(23-32)46-6)30-17-10-16-29(21-30)31-22-35(38-39-25-40-44(38)24-31)41-26(3)13-9-14-27(4)43-20-11-15-28(43)5/h8-10,12-14,16-19,21-25,28,41-42,45H,4,7,11,15,20H2,1-3,5-6H3/b14-9-,26-13+,34-12+,36-8?. The molecule has 0 radical (unpaired) electrons. The van der Waals surface area contributed by atoms with Crippen LogP contribution in [-0.2, 0) is 0 Å². The highest BCUT2D eigenvalue weighted by molar-refractivity contribution is 5.82. The highest BCUT2D eigenvalue weighted by Crippen LogP contribution is 2.32. The van der Waals surface area contributed by atoms with E-state index in [0.29, 0.717) is 17.4 Å². The maximum Gasteiger partial charge on any atom is 0.178 e. The molecule has 238 valence electrons. The van der Waals surface area contributed by atoms with Crippen LogP contribution in [0.1, 0.15) is 58.1 Å². The number of ether oxygens (including phenoxy) is 1. The Hall–Kier alpha value is -5.24. The van der Waals surface area contributed by atoms with Crippen molar-refractivity contribution in [3.63, 3.8) is 0 Å². The Balaban J connectivity index is 1.40. The second-order valence-electron chi connectivity index (χ2n) is 11.5. The van der Waals surface area contributed by atoms with E-state index >= 15 is 0 Å². The van der Waals surface area contributed by atoms with Gasteiger partial charge in [0.05, 0.1) is 18.4 Å². The van der Waals surface area contributed by atoms with Crippen LogP contribution in [0, 0.1) is 0 Å². The first-order valence-electron chi connectivity index (χ1n) is 15.8. The molecule has 1 atom stereocenters. The Morgan fingerprint density at radius 2 is 2.00 bits per heavy atom. The lowest BCUT2D eigenvalue weighted by Crippen LogP contribution is -2.24. The zero-order chi connectivity index (χ0) is 32.6. The van der Waals surface area contributed by atoms with Gasteiger partial charge in [-0.3, -0.25) is 0 Å². The molecule has 3 N–H and O–H groups in total. The lowest BCUT2D eigenvalue weighted by atomic mass is 10.0. The average Bonchev–Trinajstić information content (AvgIpc) is 3.73. The van der Waals surface area contributed by atoms with E-state index in [1.165, 1.54) is 12.8 Å². The van der Waals surface area contributed by atoms with Gasteiger partial charge in [0.15, 0.2) is 5.65 Å². The quantitative estimate of drug-likeness (QED) is 0.108. The number of nitrogens with one attached hydrogen (secondary N) is 2. The zero-order valence-corrected chi connectivity index (χ0v) is 27.4. The number of aliphatic hydroxyl groups is 1. The average molecular weight is 617 g/mol. The Kier molecular flexibility index (Phi) is 10.3. The van der Waals surface area contributed by atoms with E-state index in [1.807, 2.05) is 37.4 Å². The number of methoxy groups -OCH3 is 1. The molecule has 1 saturated heterocycles. The SMILES string of the molecule is C=C(/C=C\C=C(/C)Nc1cc(-c2cccc(/C(=C\CC)Nc3ccc(C(O)=CC)c(OC)c3)c2)cn2ncnc12)N1CCCC1C. The number of hydrogen-bond acceptors (Lipinski definition) is 7. The monoisotopic (exact) mass is 616 g/mol. The van der Waals surface area contributed by atoms with E-state index in [4.69, 9.17) is 4.74 Å². The minimum Gasteiger partial charge on any atom is -0.508 e. The van der Waals surface area contributed by atoms with Gasteiger partial charge in [-0.1, -0.05) is 43.9 Å². The fourth-order valence-electron chi connectivity index (χ4n) is 5.79. The molecule has 2 aromatic carbocycles. The molecular weight excluding hydrogens is 572 g/mol. The van der Waals surface area contributed by atoms with Crippen LogP contribution in [0.2, 0.25) is 0 Å². The number of pyridine rings is 1. The summed E-state index contributed by atoms with van der Waals surface area (Å²) >= 11 is 0. The number of aliphatic hydroxyl groups excluding tert-OH is 1. The van der Waals surface area contributed by atoms with Gasteiger partial charge in [-0.2, -0.15) is 5.10 Å². The minimum atomic E-state index is 0.180. The van der Waals surface area contributed by atoms with Crippen molar-refractivity contribution in [3.8, 4) is 16.9 Å². The summed E-state index contributed by atoms with van der Waals surface area (Å²) in [6, 6.07) is 16.8. The Bertz CT molecular complexity index is 1830. The summed E-state index contributed by atoms with van der Waals surface area (Å²) in [5, 5.41) is 21.8. The molecule has 1 unspecified atom stereocenters. The summed E-state index contributed by atoms with van der Waals surface area (Å²) in [6.45, 7) is 13.5. The van der Waals surface area contributed by atoms with Crippen LogP contribution in [0.15, 0.2) is 109 Å². The fraction of sp³-hybridized carbons (Fsp3) is 0.263. The highest BCUT2D eigenvalue weighted by atomic mass is 16.5. The maximum atomic E-state index is 10.3. The van der Waals surface area contributed by atoms with Crippen LogP contribution in [0.5, 0.6) is 5.75 Å². The lowest BCUT2D eigenvalue weighted by molar-refractivity contribution is 0.352. The van der Waals surface area contributed by atoms with Gasteiger partial charge >= 0.3 is 0 Å². The van der Waals surface area contributed by atoms with Crippen molar-refractivity contribution >= 4 is 28.5 Å². The molecular formula is C38H44N6O2. The molecule has 8 nitrogen and oxygen atoms in total. The molecule has 0 aliphatic carbocycles. The molecule has 0 amide bonds. The number of hydrogen-bond donors (Lipinski definition) is 3. The third-order valence-electron chi connectivity index (χ3n) is 8.21. The number of benzene rings is 2. The number of likely N-dealkylation sites (tertiary alicyclic amines) is 1. The van der Waals surface area contributed by atoms with Crippen molar-refractivity contribution in [2.75, 3.05) is 24.3 Å². The predicted molar refractivity (Wildman–Crippen MR) is 191 cm³/mol. The maximum absolute atomic E-state index is 10.3. The van der Waals surface area contributed by atoms with Gasteiger partial charge < -0.3 is 25.4 Å². The van der Waals surface area contributed by atoms with E-state index in [0.717, 1.165) is 63.8 Å². The van der Waals surface area contributed by atoms with Crippen molar-refractivity contribution < 1.29 is 9.84 Å². The van der Waals surface area contributed by atoms with Crippen LogP contribution in [0.4, 0.5) is 11.4 Å². The molecule has 2 aromatic heterocycles. The summed E-state index contributed by atoms with van der Waals surface area (Å²) in [5.74, 6) is 0.774. The largest absolute Gasteiger partial charge is 0.508 e. The Morgan fingerprint density at radius 1 is 1.15 bits per heavy atom. The van der Waals surface area contributed by atoms with E-state index in [2.05, 4.69) is 94.6 Å². The number of nitrogens with zero attached hydrogens (tertiary/aromatic N) is 4. The lowest BCUT2D eigenvalue weighted by Gasteiger charge is -2.23. The number of rotatable bonds is 12. The molecule has 1 aliphatic rings. The van der Waals surface area contributed by atoms with Gasteiger partial charge in [0.2, 0.25) is 0 Å². The summed E-state index contributed by atoms with van der Waals surface area (Å²) < 4.78 is 7.37. The number of aromatic nitrogens is 3. The molecule has 4 aromatic rings. The van der Waals surface area contributed by atoms with Crippen LogP contribution in [0.3, 0.4) is 0 Å². The van der Waals surface area contributed by atoms with E-state index in [9.17, 15) is 5.11 Å². The first-order valence-corrected chi connectivity index (χ1v) is 15.8. The van der Waals surface area contributed by atoms with Gasteiger partial charge in [-0.25, -0.2) is 9.50 Å². The van der Waals surface area contributed by atoms with Crippen molar-refractivity contribution in [1.82, 2.24) is 19.5 Å². The number of anilines is 2.